The van der Waals surface area contributed by atoms with E-state index in [1.165, 1.54) is 0 Å². The zero-order valence-corrected chi connectivity index (χ0v) is 9.32. The van der Waals surface area contributed by atoms with Crippen LogP contribution in [-0.4, -0.2) is 27.5 Å². The zero-order valence-electron chi connectivity index (χ0n) is 9.32. The van der Waals surface area contributed by atoms with Crippen molar-refractivity contribution in [2.45, 2.75) is 19.5 Å². The quantitative estimate of drug-likeness (QED) is 0.732. The van der Waals surface area contributed by atoms with E-state index in [9.17, 15) is 18.0 Å². The number of hydrogen-bond donors (Lipinski definition) is 3. The molecule has 7 heteroatoms. The van der Waals surface area contributed by atoms with E-state index in [0.717, 1.165) is 18.2 Å². The summed E-state index contributed by atoms with van der Waals surface area (Å²) >= 11 is 0. The molecule has 0 spiro atoms. The van der Waals surface area contributed by atoms with Gasteiger partial charge in [0.25, 0.3) is 0 Å². The predicted molar refractivity (Wildman–Crippen MR) is 55.3 cm³/mol. The fraction of sp³-hybridized carbons (Fsp3) is 0.364. The van der Waals surface area contributed by atoms with Crippen molar-refractivity contribution in [1.82, 2.24) is 0 Å². The number of phenolic OH excluding ortho intramolecular Hbond substituents is 2. The van der Waals surface area contributed by atoms with Crippen LogP contribution in [0.1, 0.15) is 12.5 Å². The van der Waals surface area contributed by atoms with E-state index in [2.05, 4.69) is 0 Å². The third kappa shape index (κ3) is 2.49. The molecule has 0 bridgehead atoms. The van der Waals surface area contributed by atoms with E-state index < -0.39 is 35.5 Å². The summed E-state index contributed by atoms with van der Waals surface area (Å²) in [5, 5.41) is 26.9. The Morgan fingerprint density at radius 2 is 1.78 bits per heavy atom. The van der Waals surface area contributed by atoms with Crippen LogP contribution in [-0.2, 0) is 11.2 Å². The van der Waals surface area contributed by atoms with Crippen molar-refractivity contribution in [2.75, 3.05) is 0 Å². The first-order valence-corrected chi connectivity index (χ1v) is 4.89. The lowest BCUT2D eigenvalue weighted by molar-refractivity contribution is -0.226. The van der Waals surface area contributed by atoms with Crippen LogP contribution in [0, 0.1) is 5.41 Å². The smallest absolute Gasteiger partial charge is 0.404 e. The van der Waals surface area contributed by atoms with Gasteiger partial charge in [0, 0.05) is 0 Å². The lowest BCUT2D eigenvalue weighted by Crippen LogP contribution is -2.44. The molecule has 1 atom stereocenters. The molecule has 0 aliphatic heterocycles. The Balaban J connectivity index is 3.12. The SMILES string of the molecule is CC(Cc1ccc(O)c(O)c1)(C(=O)O)C(F)(F)F. The van der Waals surface area contributed by atoms with Crippen LogP contribution in [0.2, 0.25) is 0 Å². The molecule has 0 aliphatic rings. The number of phenols is 2. The highest BCUT2D eigenvalue weighted by molar-refractivity contribution is 5.75. The minimum Gasteiger partial charge on any atom is -0.504 e. The Kier molecular flexibility index (Phi) is 3.45. The number of alkyl halides is 3. The maximum absolute atomic E-state index is 12.7. The summed E-state index contributed by atoms with van der Waals surface area (Å²) in [4.78, 5) is 10.8. The van der Waals surface area contributed by atoms with Gasteiger partial charge in [0.15, 0.2) is 16.9 Å². The monoisotopic (exact) mass is 264 g/mol. The standard InChI is InChI=1S/C11H11F3O4/c1-10(9(17)18,11(12,13)14)5-6-2-3-7(15)8(16)4-6/h2-4,15-16H,5H2,1H3,(H,17,18). The molecule has 0 aromatic heterocycles. The van der Waals surface area contributed by atoms with Crippen LogP contribution in [0.15, 0.2) is 18.2 Å². The molecule has 18 heavy (non-hydrogen) atoms. The molecule has 1 aromatic carbocycles. The van der Waals surface area contributed by atoms with Gasteiger partial charge >= 0.3 is 12.1 Å². The maximum atomic E-state index is 12.7. The second-order valence-corrected chi connectivity index (χ2v) is 4.13. The molecule has 100 valence electrons. The molecule has 0 fully saturated rings. The largest absolute Gasteiger partial charge is 0.504 e. The van der Waals surface area contributed by atoms with Crippen LogP contribution < -0.4 is 0 Å². The molecule has 3 N–H and O–H groups in total. The van der Waals surface area contributed by atoms with Gasteiger partial charge in [0.2, 0.25) is 0 Å². The van der Waals surface area contributed by atoms with Gasteiger partial charge in [-0.3, -0.25) is 4.79 Å². The summed E-state index contributed by atoms with van der Waals surface area (Å²) in [6.07, 6.45) is -5.76. The first kappa shape index (κ1) is 14.1. The molecular formula is C11H11F3O4. The van der Waals surface area contributed by atoms with E-state index in [4.69, 9.17) is 15.3 Å². The highest BCUT2D eigenvalue weighted by Crippen LogP contribution is 2.41. The minimum absolute atomic E-state index is 0.0347. The van der Waals surface area contributed by atoms with Crippen LogP contribution in [0.3, 0.4) is 0 Å². The third-order valence-corrected chi connectivity index (χ3v) is 2.70. The number of halogens is 3. The molecule has 4 nitrogen and oxygen atoms in total. The fourth-order valence-electron chi connectivity index (χ4n) is 1.38. The number of carboxylic acids is 1. The average molecular weight is 264 g/mol. The number of carbonyl (C=O) groups is 1. The normalized spacial score (nSPS) is 15.1. The van der Waals surface area contributed by atoms with Crippen LogP contribution >= 0.6 is 0 Å². The molecular weight excluding hydrogens is 253 g/mol. The minimum atomic E-state index is -4.92. The number of aliphatic carboxylic acids is 1. The zero-order chi connectivity index (χ0) is 14.1. The molecule has 0 saturated heterocycles. The summed E-state index contributed by atoms with van der Waals surface area (Å²) < 4.78 is 38.2. The Labute approximate surface area is 100 Å². The van der Waals surface area contributed by atoms with E-state index in [0.29, 0.717) is 6.92 Å². The summed E-state index contributed by atoms with van der Waals surface area (Å²) in [6.45, 7) is 0.569. The van der Waals surface area contributed by atoms with Crippen molar-refractivity contribution >= 4 is 5.97 Å². The van der Waals surface area contributed by atoms with Crippen molar-refractivity contribution < 1.29 is 33.3 Å². The van der Waals surface area contributed by atoms with Crippen LogP contribution in [0.4, 0.5) is 13.2 Å². The second kappa shape index (κ2) is 4.40. The van der Waals surface area contributed by atoms with Crippen molar-refractivity contribution in [3.8, 4) is 11.5 Å². The van der Waals surface area contributed by atoms with Crippen molar-refractivity contribution in [3.05, 3.63) is 23.8 Å². The van der Waals surface area contributed by atoms with Gasteiger partial charge in [-0.25, -0.2) is 0 Å². The number of carboxylic acid groups (broad SMARTS) is 1. The van der Waals surface area contributed by atoms with Crippen molar-refractivity contribution in [3.63, 3.8) is 0 Å². The van der Waals surface area contributed by atoms with Gasteiger partial charge in [-0.1, -0.05) is 6.07 Å². The first-order chi connectivity index (χ1) is 8.08. The lowest BCUT2D eigenvalue weighted by Gasteiger charge is -2.27. The predicted octanol–water partition coefficient (Wildman–Crippen LogP) is 2.29. The first-order valence-electron chi connectivity index (χ1n) is 4.89. The maximum Gasteiger partial charge on any atom is 0.404 e. The van der Waals surface area contributed by atoms with Gasteiger partial charge < -0.3 is 15.3 Å². The molecule has 1 rings (SSSR count). The molecule has 1 aromatic rings. The molecule has 1 unspecified atom stereocenters. The fourth-order valence-corrected chi connectivity index (χ4v) is 1.38. The van der Waals surface area contributed by atoms with E-state index >= 15 is 0 Å². The third-order valence-electron chi connectivity index (χ3n) is 2.70. The second-order valence-electron chi connectivity index (χ2n) is 4.13. The summed E-state index contributed by atoms with van der Waals surface area (Å²) in [7, 11) is 0. The molecule has 0 radical (unpaired) electrons. The molecule has 0 amide bonds. The topological polar surface area (TPSA) is 77.8 Å². The Morgan fingerprint density at radius 3 is 2.17 bits per heavy atom. The number of hydrogen-bond acceptors (Lipinski definition) is 3. The number of aromatic hydroxyl groups is 2. The van der Waals surface area contributed by atoms with Crippen LogP contribution in [0.5, 0.6) is 11.5 Å². The molecule has 0 aliphatic carbocycles. The van der Waals surface area contributed by atoms with Gasteiger partial charge in [0.05, 0.1) is 0 Å². The molecule has 0 saturated carbocycles. The van der Waals surface area contributed by atoms with Gasteiger partial charge in [0.1, 0.15) is 0 Å². The highest BCUT2D eigenvalue weighted by atomic mass is 19.4. The van der Waals surface area contributed by atoms with Gasteiger partial charge in [-0.2, -0.15) is 13.2 Å². The van der Waals surface area contributed by atoms with E-state index in [1.54, 1.807) is 0 Å². The summed E-state index contributed by atoms with van der Waals surface area (Å²) in [5.41, 5.74) is -2.98. The Bertz CT molecular complexity index is 470. The Hall–Kier alpha value is -1.92. The van der Waals surface area contributed by atoms with Crippen molar-refractivity contribution in [2.24, 2.45) is 5.41 Å². The Morgan fingerprint density at radius 1 is 1.22 bits per heavy atom. The summed E-state index contributed by atoms with van der Waals surface area (Å²) in [5.74, 6) is -3.08. The number of benzene rings is 1. The van der Waals surface area contributed by atoms with E-state index in [1.807, 2.05) is 0 Å². The number of rotatable bonds is 3. The van der Waals surface area contributed by atoms with Gasteiger partial charge in [-0.05, 0) is 31.0 Å². The van der Waals surface area contributed by atoms with Crippen molar-refractivity contribution in [1.29, 1.82) is 0 Å². The lowest BCUT2D eigenvalue weighted by atomic mass is 9.83. The highest BCUT2D eigenvalue weighted by Gasteiger charge is 2.56. The molecule has 0 heterocycles. The van der Waals surface area contributed by atoms with E-state index in [-0.39, 0.29) is 5.56 Å². The summed E-state index contributed by atoms with van der Waals surface area (Å²) in [6, 6.07) is 3.04. The average Bonchev–Trinajstić information content (AvgIpc) is 2.21. The van der Waals surface area contributed by atoms with Crippen LogP contribution in [0.25, 0.3) is 0 Å². The van der Waals surface area contributed by atoms with Gasteiger partial charge in [-0.15, -0.1) is 0 Å².